The van der Waals surface area contributed by atoms with Crippen LogP contribution in [0.4, 0.5) is 6.01 Å². The summed E-state index contributed by atoms with van der Waals surface area (Å²) in [7, 11) is 0. The van der Waals surface area contributed by atoms with E-state index in [1.165, 1.54) is 0 Å². The first-order valence-electron chi connectivity index (χ1n) is 8.68. The molecule has 6 nitrogen and oxygen atoms in total. The average Bonchev–Trinajstić information content (AvgIpc) is 3.07. The van der Waals surface area contributed by atoms with Crippen LogP contribution in [-0.2, 0) is 6.54 Å². The Morgan fingerprint density at radius 3 is 2.65 bits per heavy atom. The Morgan fingerprint density at radius 2 is 1.92 bits per heavy atom. The number of aromatic nitrogens is 3. The van der Waals surface area contributed by atoms with Crippen molar-refractivity contribution in [3.63, 3.8) is 0 Å². The molecule has 0 bridgehead atoms. The minimum atomic E-state index is 0.663. The molecule has 1 aliphatic heterocycles. The molecule has 0 spiro atoms. The highest BCUT2D eigenvalue weighted by atomic mass is 35.5. The zero-order valence-corrected chi connectivity index (χ0v) is 16.1. The molecule has 1 saturated heterocycles. The van der Waals surface area contributed by atoms with Crippen LogP contribution in [0.2, 0.25) is 5.02 Å². The lowest BCUT2D eigenvalue weighted by atomic mass is 10.2. The third-order valence-electron chi connectivity index (χ3n) is 4.34. The standard InChI is InChI=1S/C18H20ClN5OS/c1-2-26-17-20-10-13(11-21-17)12-23-5-7-24(8-6-23)18-22-15-4-3-14(19)9-16(15)25-18/h3-4,9-11H,2,5-8,12H2,1H3. The molecule has 0 atom stereocenters. The Morgan fingerprint density at radius 1 is 1.15 bits per heavy atom. The minimum Gasteiger partial charge on any atom is -0.423 e. The van der Waals surface area contributed by atoms with Crippen LogP contribution in [0.3, 0.4) is 0 Å². The van der Waals surface area contributed by atoms with E-state index in [2.05, 4.69) is 31.7 Å². The molecule has 2 aromatic heterocycles. The Labute approximate surface area is 161 Å². The highest BCUT2D eigenvalue weighted by molar-refractivity contribution is 7.99. The number of rotatable bonds is 5. The van der Waals surface area contributed by atoms with Crippen LogP contribution >= 0.6 is 23.4 Å². The van der Waals surface area contributed by atoms with Gasteiger partial charge in [0.1, 0.15) is 5.52 Å². The van der Waals surface area contributed by atoms with Crippen molar-refractivity contribution in [2.45, 2.75) is 18.6 Å². The van der Waals surface area contributed by atoms with Gasteiger partial charge in [-0.05, 0) is 17.9 Å². The summed E-state index contributed by atoms with van der Waals surface area (Å²) < 4.78 is 5.87. The van der Waals surface area contributed by atoms with Crippen molar-refractivity contribution in [2.75, 3.05) is 36.8 Å². The molecule has 4 rings (SSSR count). The van der Waals surface area contributed by atoms with Crippen molar-refractivity contribution in [3.8, 4) is 0 Å². The molecule has 1 fully saturated rings. The van der Waals surface area contributed by atoms with E-state index in [9.17, 15) is 0 Å². The van der Waals surface area contributed by atoms with Gasteiger partial charge in [-0.3, -0.25) is 4.90 Å². The molecule has 0 N–H and O–H groups in total. The summed E-state index contributed by atoms with van der Waals surface area (Å²) in [6.07, 6.45) is 3.86. The van der Waals surface area contributed by atoms with Crippen molar-refractivity contribution in [1.82, 2.24) is 19.9 Å². The van der Waals surface area contributed by atoms with Gasteiger partial charge in [-0.15, -0.1) is 0 Å². The first-order chi connectivity index (χ1) is 12.7. The Balaban J connectivity index is 1.35. The second-order valence-corrected chi connectivity index (χ2v) is 7.85. The van der Waals surface area contributed by atoms with Crippen LogP contribution in [0, 0.1) is 0 Å². The number of hydrogen-bond acceptors (Lipinski definition) is 7. The highest BCUT2D eigenvalue weighted by Gasteiger charge is 2.21. The molecule has 1 aromatic carbocycles. The van der Waals surface area contributed by atoms with Crippen LogP contribution in [0.25, 0.3) is 11.1 Å². The Hall–Kier alpha value is -1.83. The lowest BCUT2D eigenvalue weighted by molar-refractivity contribution is 0.245. The smallest absolute Gasteiger partial charge is 0.298 e. The molecule has 1 aliphatic rings. The van der Waals surface area contributed by atoms with Crippen LogP contribution < -0.4 is 4.90 Å². The molecule has 0 radical (unpaired) electrons. The molecule has 8 heteroatoms. The van der Waals surface area contributed by atoms with E-state index >= 15 is 0 Å². The van der Waals surface area contributed by atoms with Crippen molar-refractivity contribution in [1.29, 1.82) is 0 Å². The zero-order valence-electron chi connectivity index (χ0n) is 14.6. The number of anilines is 1. The van der Waals surface area contributed by atoms with E-state index < -0.39 is 0 Å². The van der Waals surface area contributed by atoms with Gasteiger partial charge in [-0.25, -0.2) is 9.97 Å². The summed E-state index contributed by atoms with van der Waals surface area (Å²) >= 11 is 7.68. The number of thioether (sulfide) groups is 1. The van der Waals surface area contributed by atoms with Gasteiger partial charge < -0.3 is 9.32 Å². The third-order valence-corrected chi connectivity index (χ3v) is 5.34. The van der Waals surface area contributed by atoms with E-state index in [-0.39, 0.29) is 0 Å². The topological polar surface area (TPSA) is 58.3 Å². The van der Waals surface area contributed by atoms with Crippen molar-refractivity contribution in [3.05, 3.63) is 41.2 Å². The van der Waals surface area contributed by atoms with Gasteiger partial charge in [0.05, 0.1) is 0 Å². The van der Waals surface area contributed by atoms with Crippen LogP contribution in [0.5, 0.6) is 0 Å². The number of halogens is 1. The first-order valence-corrected chi connectivity index (χ1v) is 10.0. The van der Waals surface area contributed by atoms with Gasteiger partial charge in [0.15, 0.2) is 10.7 Å². The van der Waals surface area contributed by atoms with Crippen molar-refractivity contribution < 1.29 is 4.42 Å². The maximum atomic E-state index is 6.02. The van der Waals surface area contributed by atoms with Gasteiger partial charge >= 0.3 is 0 Å². The maximum absolute atomic E-state index is 6.02. The summed E-state index contributed by atoms with van der Waals surface area (Å²) in [5.41, 5.74) is 2.72. The predicted molar refractivity (Wildman–Crippen MR) is 105 cm³/mol. The molecule has 3 heterocycles. The van der Waals surface area contributed by atoms with Gasteiger partial charge in [0, 0.05) is 61.8 Å². The van der Waals surface area contributed by atoms with Gasteiger partial charge in [-0.2, -0.15) is 4.98 Å². The summed E-state index contributed by atoms with van der Waals surface area (Å²) in [5.74, 6) is 0.989. The van der Waals surface area contributed by atoms with Gasteiger partial charge in [-0.1, -0.05) is 30.3 Å². The van der Waals surface area contributed by atoms with Crippen LogP contribution in [-0.4, -0.2) is 51.8 Å². The van der Waals surface area contributed by atoms with Crippen LogP contribution in [0.1, 0.15) is 12.5 Å². The fourth-order valence-corrected chi connectivity index (χ4v) is 3.68. The summed E-state index contributed by atoms with van der Waals surface area (Å²) in [4.78, 5) is 18.0. The SMILES string of the molecule is CCSc1ncc(CN2CCN(c3nc4ccc(Cl)cc4o3)CC2)cn1. The predicted octanol–water partition coefficient (Wildman–Crippen LogP) is 3.71. The Kier molecular flexibility index (Phi) is 5.28. The van der Waals surface area contributed by atoms with Gasteiger partial charge in [0.25, 0.3) is 6.01 Å². The number of nitrogens with zero attached hydrogens (tertiary/aromatic N) is 5. The van der Waals surface area contributed by atoms with Gasteiger partial charge in [0.2, 0.25) is 0 Å². The second-order valence-electron chi connectivity index (χ2n) is 6.18. The van der Waals surface area contributed by atoms with E-state index in [1.54, 1.807) is 11.8 Å². The summed E-state index contributed by atoms with van der Waals surface area (Å²) in [5, 5.41) is 1.51. The lowest BCUT2D eigenvalue weighted by Crippen LogP contribution is -2.46. The molecule has 3 aromatic rings. The fraction of sp³-hybridized carbons (Fsp3) is 0.389. The van der Waals surface area contributed by atoms with Crippen molar-refractivity contribution in [2.24, 2.45) is 0 Å². The molecule has 26 heavy (non-hydrogen) atoms. The van der Waals surface area contributed by atoms with E-state index in [1.807, 2.05) is 30.6 Å². The molecule has 0 unspecified atom stereocenters. The Bertz CT molecular complexity index is 877. The quantitative estimate of drug-likeness (QED) is 0.487. The van der Waals surface area contributed by atoms with E-state index in [0.717, 1.165) is 60.3 Å². The van der Waals surface area contributed by atoms with Crippen molar-refractivity contribution >= 4 is 40.5 Å². The average molecular weight is 390 g/mol. The molecular weight excluding hydrogens is 370 g/mol. The minimum absolute atomic E-state index is 0.663. The normalized spacial score (nSPS) is 15.7. The third kappa shape index (κ3) is 3.95. The maximum Gasteiger partial charge on any atom is 0.298 e. The number of piperazine rings is 1. The molecule has 0 aliphatic carbocycles. The zero-order chi connectivity index (χ0) is 17.9. The second kappa shape index (κ2) is 7.82. The first kappa shape index (κ1) is 17.6. The monoisotopic (exact) mass is 389 g/mol. The number of hydrogen-bond donors (Lipinski definition) is 0. The molecule has 0 saturated carbocycles. The highest BCUT2D eigenvalue weighted by Crippen LogP contribution is 2.25. The van der Waals surface area contributed by atoms with E-state index in [0.29, 0.717) is 11.0 Å². The number of oxazole rings is 1. The fourth-order valence-electron chi connectivity index (χ4n) is 3.01. The molecular formula is C18H20ClN5OS. The summed E-state index contributed by atoms with van der Waals surface area (Å²) in [6.45, 7) is 6.63. The largest absolute Gasteiger partial charge is 0.423 e. The number of benzene rings is 1. The van der Waals surface area contributed by atoms with E-state index in [4.69, 9.17) is 16.0 Å². The number of fused-ring (bicyclic) bond motifs is 1. The lowest BCUT2D eigenvalue weighted by Gasteiger charge is -2.33. The molecule has 0 amide bonds. The molecule has 136 valence electrons. The summed E-state index contributed by atoms with van der Waals surface area (Å²) in [6, 6.07) is 6.21. The van der Waals surface area contributed by atoms with Crippen LogP contribution in [0.15, 0.2) is 40.2 Å².